The van der Waals surface area contributed by atoms with Crippen LogP contribution in [0.4, 0.5) is 25.1 Å². The van der Waals surface area contributed by atoms with Crippen molar-refractivity contribution >= 4 is 75.6 Å². The molecule has 420 valence electrons. The number of primary amides is 2. The van der Waals surface area contributed by atoms with Crippen molar-refractivity contribution in [3.63, 3.8) is 0 Å². The second-order valence-corrected chi connectivity index (χ2v) is 16.6. The van der Waals surface area contributed by atoms with Gasteiger partial charge in [0.05, 0.1) is 62.1 Å². The topological polar surface area (TPSA) is 391 Å². The number of carbonyl (C=O) groups is 7. The number of carboxylic acid groups (broad SMARTS) is 1. The predicted octanol–water partition coefficient (Wildman–Crippen LogP) is 3.29. The number of carbonyl (C=O) groups excluding carboxylic acids is 6. The fourth-order valence-corrected chi connectivity index (χ4v) is 7.10. The number of benzene rings is 1. The summed E-state index contributed by atoms with van der Waals surface area (Å²) in [4.78, 5) is 108. The van der Waals surface area contributed by atoms with Gasteiger partial charge in [-0.3, -0.25) is 39.2 Å². The van der Waals surface area contributed by atoms with Gasteiger partial charge in [-0.1, -0.05) is 26.0 Å². The number of aryl methyl sites for hydroxylation is 4. The summed E-state index contributed by atoms with van der Waals surface area (Å²) in [7, 11) is 0. The normalized spacial score (nSPS) is 11.8. The molecule has 0 radical (unpaired) electrons. The Kier molecular flexibility index (Phi) is 21.5. The number of esters is 1. The van der Waals surface area contributed by atoms with Gasteiger partial charge in [0.25, 0.3) is 11.8 Å². The molecule has 5 aromatic heterocycles. The van der Waals surface area contributed by atoms with Crippen LogP contribution in [-0.2, 0) is 54.5 Å². The lowest BCUT2D eigenvalue weighted by molar-refractivity contribution is -0.192. The summed E-state index contributed by atoms with van der Waals surface area (Å²) < 4.78 is 68.4. The average molecular weight is 1100 g/mol. The standard InChI is InChI=1S/C46H57N13O12.C2HF3O2/c1-6-30-37(70-26(4)52-30)42(63)56-45-54-32-21-28(39(48)61)23-34(68-15-10-16-69-44(65)25(3)51-35(60)11-17-66-19-20-67-18-12-47)36(32)58(45)13-8-9-14-59-41-33(22-29(24-50-41)40(49)62)55-46(59)57-43(64)38-31(7-2)53-27(5)71-38;3-2(4,5)1(6)7/h8-9,21-25H,6-7,10-20,47H2,1-5H3,(H2,48,61)(H2,49,62)(H,51,60)(H,54,56,63)(H,55,57,64);(H,6,7)/b9-8+;/t25-;/m0./s1. The Morgan fingerprint density at radius 1 is 0.756 bits per heavy atom. The van der Waals surface area contributed by atoms with Gasteiger partial charge < -0.3 is 60.0 Å². The monoisotopic (exact) mass is 1100 g/mol. The van der Waals surface area contributed by atoms with Gasteiger partial charge in [-0.15, -0.1) is 0 Å². The molecule has 0 saturated heterocycles. The third kappa shape index (κ3) is 16.4. The maximum Gasteiger partial charge on any atom is 0.490 e. The van der Waals surface area contributed by atoms with E-state index in [-0.39, 0.29) is 97.1 Å². The zero-order valence-electron chi connectivity index (χ0n) is 43.0. The quantitative estimate of drug-likeness (QED) is 0.0221. The second-order valence-electron chi connectivity index (χ2n) is 16.6. The fraction of sp³-hybridized carbons (Fsp3) is 0.417. The lowest BCUT2D eigenvalue weighted by Crippen LogP contribution is -2.40. The third-order valence-corrected chi connectivity index (χ3v) is 10.7. The molecule has 27 nitrogen and oxygen atoms in total. The molecule has 0 fully saturated rings. The predicted molar refractivity (Wildman–Crippen MR) is 268 cm³/mol. The number of nitrogens with one attached hydrogen (secondary N) is 3. The van der Waals surface area contributed by atoms with Gasteiger partial charge in [0, 0.05) is 58.1 Å². The molecule has 0 aliphatic heterocycles. The van der Waals surface area contributed by atoms with E-state index in [1.54, 1.807) is 35.1 Å². The Labute approximate surface area is 441 Å². The van der Waals surface area contributed by atoms with E-state index in [9.17, 15) is 41.9 Å². The molecule has 1 atom stereocenters. The number of hydrogen-bond donors (Lipinski definition) is 7. The number of hydrogen-bond acceptors (Lipinski definition) is 19. The van der Waals surface area contributed by atoms with Crippen LogP contribution in [-0.4, -0.2) is 139 Å². The van der Waals surface area contributed by atoms with E-state index >= 15 is 0 Å². The first-order chi connectivity index (χ1) is 37.1. The number of carboxylic acids is 1. The van der Waals surface area contributed by atoms with E-state index in [0.29, 0.717) is 73.5 Å². The summed E-state index contributed by atoms with van der Waals surface area (Å²) in [5.41, 5.74) is 18.9. The molecule has 30 heteroatoms. The van der Waals surface area contributed by atoms with E-state index in [1.807, 2.05) is 13.8 Å². The highest BCUT2D eigenvalue weighted by atomic mass is 19.4. The Balaban J connectivity index is 0.00000150. The summed E-state index contributed by atoms with van der Waals surface area (Å²) in [5, 5.41) is 15.3. The zero-order chi connectivity index (χ0) is 57.3. The Hall–Kier alpha value is -8.77. The van der Waals surface area contributed by atoms with Crippen LogP contribution in [0.2, 0.25) is 0 Å². The molecule has 6 aromatic rings. The number of ether oxygens (including phenoxy) is 4. The van der Waals surface area contributed by atoms with Crippen molar-refractivity contribution in [2.75, 3.05) is 56.8 Å². The van der Waals surface area contributed by atoms with Crippen LogP contribution in [0.25, 0.3) is 22.2 Å². The number of imidazole rings is 2. The van der Waals surface area contributed by atoms with Gasteiger partial charge in [-0.2, -0.15) is 13.2 Å². The first-order valence-electron chi connectivity index (χ1n) is 24.0. The minimum Gasteiger partial charge on any atom is -0.491 e. The van der Waals surface area contributed by atoms with Crippen molar-refractivity contribution in [2.45, 2.75) is 85.6 Å². The van der Waals surface area contributed by atoms with Crippen LogP contribution in [0.15, 0.2) is 45.4 Å². The maximum atomic E-state index is 13.8. The first-order valence-corrected chi connectivity index (χ1v) is 24.0. The largest absolute Gasteiger partial charge is 0.491 e. The van der Waals surface area contributed by atoms with E-state index in [1.165, 1.54) is 31.3 Å². The number of halogens is 3. The van der Waals surface area contributed by atoms with Crippen molar-refractivity contribution in [2.24, 2.45) is 17.2 Å². The number of aromatic nitrogens is 7. The molecule has 10 N–H and O–H groups in total. The highest BCUT2D eigenvalue weighted by molar-refractivity contribution is 6.05. The Bertz CT molecular complexity index is 3160. The number of oxazole rings is 2. The summed E-state index contributed by atoms with van der Waals surface area (Å²) in [6, 6.07) is 3.41. The van der Waals surface area contributed by atoms with Gasteiger partial charge in [0.15, 0.2) is 17.4 Å². The van der Waals surface area contributed by atoms with E-state index in [2.05, 4.69) is 40.9 Å². The number of rotatable bonds is 27. The molecule has 0 aliphatic carbocycles. The Morgan fingerprint density at radius 3 is 1.85 bits per heavy atom. The highest BCUT2D eigenvalue weighted by Crippen LogP contribution is 2.32. The van der Waals surface area contributed by atoms with E-state index in [4.69, 9.17) is 54.9 Å². The van der Waals surface area contributed by atoms with Gasteiger partial charge >= 0.3 is 18.1 Å². The SMILES string of the molecule is CCc1nc(C)oc1C(=O)Nc1nc2cc(C(N)=O)cnc2n1C/C=C/Cn1c(NC(=O)c2oc(C)nc2CC)nc2cc(C(N)=O)cc(OCCCOC(=O)[C@H](C)NC(=O)CCOCCOCCN)c21.O=C(O)C(F)(F)F. The number of amides is 5. The molecule has 0 bridgehead atoms. The van der Waals surface area contributed by atoms with Crippen LogP contribution in [0, 0.1) is 13.8 Å². The zero-order valence-corrected chi connectivity index (χ0v) is 43.0. The molecule has 0 aliphatic rings. The number of nitrogens with zero attached hydrogens (tertiary/aromatic N) is 7. The molecular weight excluding hydrogens is 1040 g/mol. The molecule has 1 aromatic carbocycles. The van der Waals surface area contributed by atoms with Crippen molar-refractivity contribution in [1.29, 1.82) is 0 Å². The van der Waals surface area contributed by atoms with Crippen LogP contribution in [0.5, 0.6) is 5.75 Å². The van der Waals surface area contributed by atoms with Crippen LogP contribution in [0.1, 0.15) is 98.6 Å². The van der Waals surface area contributed by atoms with E-state index in [0.717, 1.165) is 0 Å². The number of anilines is 2. The first kappa shape index (κ1) is 60.1. The maximum absolute atomic E-state index is 13.8. The second kappa shape index (κ2) is 27.8. The van der Waals surface area contributed by atoms with Crippen molar-refractivity contribution in [1.82, 2.24) is 39.4 Å². The lowest BCUT2D eigenvalue weighted by Gasteiger charge is -2.14. The molecular formula is C48H58F3N13O14. The molecule has 78 heavy (non-hydrogen) atoms. The molecule has 0 unspecified atom stereocenters. The summed E-state index contributed by atoms with van der Waals surface area (Å²) in [5.74, 6) is -5.63. The van der Waals surface area contributed by atoms with Gasteiger partial charge in [0.2, 0.25) is 41.1 Å². The average Bonchev–Trinajstić information content (AvgIpc) is 4.18. The highest BCUT2D eigenvalue weighted by Gasteiger charge is 2.38. The minimum absolute atomic E-state index is 0.00811. The van der Waals surface area contributed by atoms with E-state index < -0.39 is 53.7 Å². The van der Waals surface area contributed by atoms with Crippen LogP contribution < -0.4 is 37.9 Å². The smallest absolute Gasteiger partial charge is 0.490 e. The summed E-state index contributed by atoms with van der Waals surface area (Å²) >= 11 is 0. The van der Waals surface area contributed by atoms with Crippen molar-refractivity contribution < 1.29 is 79.6 Å². The summed E-state index contributed by atoms with van der Waals surface area (Å²) in [6.45, 7) is 10.0. The number of alkyl halides is 3. The molecule has 0 spiro atoms. The van der Waals surface area contributed by atoms with Gasteiger partial charge in [-0.25, -0.2) is 34.5 Å². The lowest BCUT2D eigenvalue weighted by atomic mass is 10.1. The van der Waals surface area contributed by atoms with Crippen LogP contribution in [0.3, 0.4) is 0 Å². The molecule has 5 heterocycles. The van der Waals surface area contributed by atoms with Crippen molar-refractivity contribution in [3.8, 4) is 5.75 Å². The minimum atomic E-state index is -5.08. The third-order valence-electron chi connectivity index (χ3n) is 10.7. The van der Waals surface area contributed by atoms with Gasteiger partial charge in [-0.05, 0) is 38.0 Å². The molecule has 0 saturated carbocycles. The number of pyridine rings is 1. The Morgan fingerprint density at radius 2 is 1.29 bits per heavy atom. The molecule has 6 rings (SSSR count). The fourth-order valence-electron chi connectivity index (χ4n) is 7.10. The number of aliphatic carboxylic acids is 1. The number of allylic oxidation sites excluding steroid dienone is 2. The van der Waals surface area contributed by atoms with Crippen molar-refractivity contribution in [3.05, 3.63) is 82.4 Å². The summed E-state index contributed by atoms with van der Waals surface area (Å²) in [6.07, 6.45) is 0.778. The number of fused-ring (bicyclic) bond motifs is 2. The molecule has 5 amide bonds. The van der Waals surface area contributed by atoms with Gasteiger partial charge in [0.1, 0.15) is 22.8 Å². The van der Waals surface area contributed by atoms with Crippen LogP contribution >= 0.6 is 0 Å². The number of nitrogens with two attached hydrogens (primary N) is 3.